The maximum absolute atomic E-state index is 12.6. The molecule has 2 rings (SSSR count). The zero-order valence-corrected chi connectivity index (χ0v) is 15.4. The van der Waals surface area contributed by atoms with Crippen LogP contribution in [0.1, 0.15) is 27.1 Å². The summed E-state index contributed by atoms with van der Waals surface area (Å²) in [7, 11) is 2.73. The maximum Gasteiger partial charge on any atom is 0.317 e. The molecular weight excluding hydrogens is 388 g/mol. The summed E-state index contributed by atoms with van der Waals surface area (Å²) in [6.45, 7) is 0. The van der Waals surface area contributed by atoms with Crippen LogP contribution in [-0.2, 0) is 9.53 Å². The summed E-state index contributed by atoms with van der Waals surface area (Å²) in [5.41, 5.74) is 0.749. The number of carbonyl (C=O) groups excluding carboxylic acids is 3. The van der Waals surface area contributed by atoms with Crippen LogP contribution in [0, 0.1) is 5.92 Å². The van der Waals surface area contributed by atoms with E-state index in [1.165, 1.54) is 14.2 Å². The van der Waals surface area contributed by atoms with Gasteiger partial charge in [0.1, 0.15) is 11.7 Å². The Morgan fingerprint density at radius 2 is 1.48 bits per heavy atom. The molecule has 0 aliphatic heterocycles. The van der Waals surface area contributed by atoms with E-state index in [9.17, 15) is 14.4 Å². The highest BCUT2D eigenvalue weighted by molar-refractivity contribution is 9.10. The van der Waals surface area contributed by atoms with Crippen molar-refractivity contribution in [1.29, 1.82) is 0 Å². The number of carbonyl (C=O) groups is 3. The normalized spacial score (nSPS) is 11.5. The van der Waals surface area contributed by atoms with Crippen molar-refractivity contribution >= 4 is 33.5 Å². The van der Waals surface area contributed by atoms with Crippen LogP contribution in [0.25, 0.3) is 0 Å². The van der Waals surface area contributed by atoms with Crippen LogP contribution in [0.5, 0.6) is 5.75 Å². The van der Waals surface area contributed by atoms with Crippen molar-refractivity contribution in [3.63, 3.8) is 0 Å². The van der Waals surface area contributed by atoms with Crippen molar-refractivity contribution in [1.82, 2.24) is 0 Å². The fourth-order valence-corrected chi connectivity index (χ4v) is 2.59. The van der Waals surface area contributed by atoms with Gasteiger partial charge in [-0.15, -0.1) is 0 Å². The number of Topliss-reactive ketones (excluding diaryl/α,β-unsaturated/α-hetero) is 2. The van der Waals surface area contributed by atoms with Crippen molar-refractivity contribution in [2.24, 2.45) is 5.92 Å². The number of ether oxygens (including phenoxy) is 2. The number of hydrogen-bond acceptors (Lipinski definition) is 5. The van der Waals surface area contributed by atoms with Gasteiger partial charge in [0.15, 0.2) is 11.6 Å². The van der Waals surface area contributed by atoms with Crippen molar-refractivity contribution in [3.05, 3.63) is 64.1 Å². The lowest BCUT2D eigenvalue weighted by Gasteiger charge is -2.13. The van der Waals surface area contributed by atoms with E-state index in [1.807, 2.05) is 0 Å². The number of halogens is 1. The molecule has 2 aromatic rings. The Morgan fingerprint density at radius 1 is 0.920 bits per heavy atom. The molecule has 0 fully saturated rings. The molecule has 0 bridgehead atoms. The number of hydrogen-bond donors (Lipinski definition) is 0. The van der Waals surface area contributed by atoms with Crippen LogP contribution in [-0.4, -0.2) is 31.8 Å². The molecule has 0 aromatic heterocycles. The first-order chi connectivity index (χ1) is 12.0. The van der Waals surface area contributed by atoms with Gasteiger partial charge in [-0.25, -0.2) is 0 Å². The molecular formula is C19H17BrO5. The molecule has 2 aromatic carbocycles. The maximum atomic E-state index is 12.6. The Balaban J connectivity index is 2.21. The molecule has 5 nitrogen and oxygen atoms in total. The van der Waals surface area contributed by atoms with Gasteiger partial charge in [-0.3, -0.25) is 14.4 Å². The number of rotatable bonds is 7. The largest absolute Gasteiger partial charge is 0.497 e. The lowest BCUT2D eigenvalue weighted by Crippen LogP contribution is -2.28. The summed E-state index contributed by atoms with van der Waals surface area (Å²) in [5, 5.41) is 0. The molecule has 0 saturated carbocycles. The molecule has 0 heterocycles. The summed E-state index contributed by atoms with van der Waals surface area (Å²) in [5.74, 6) is -2.05. The van der Waals surface area contributed by atoms with Gasteiger partial charge in [0.25, 0.3) is 0 Å². The summed E-state index contributed by atoms with van der Waals surface area (Å²) in [4.78, 5) is 37.1. The molecule has 0 aliphatic carbocycles. The second kappa shape index (κ2) is 8.58. The fraction of sp³-hybridized carbons (Fsp3) is 0.211. The van der Waals surface area contributed by atoms with Crippen LogP contribution >= 0.6 is 15.9 Å². The van der Waals surface area contributed by atoms with E-state index in [0.29, 0.717) is 16.9 Å². The summed E-state index contributed by atoms with van der Waals surface area (Å²) in [6.07, 6.45) is -0.256. The van der Waals surface area contributed by atoms with Crippen LogP contribution in [0.4, 0.5) is 0 Å². The van der Waals surface area contributed by atoms with Crippen LogP contribution in [0.15, 0.2) is 53.0 Å². The Morgan fingerprint density at radius 3 is 2.00 bits per heavy atom. The van der Waals surface area contributed by atoms with Crippen molar-refractivity contribution in [3.8, 4) is 5.75 Å². The van der Waals surface area contributed by atoms with E-state index in [0.717, 1.165) is 4.47 Å². The molecule has 0 N–H and O–H groups in total. The van der Waals surface area contributed by atoms with Gasteiger partial charge in [0, 0.05) is 22.0 Å². The molecule has 0 spiro atoms. The Kier molecular flexibility index (Phi) is 6.47. The number of ketones is 2. The molecule has 25 heavy (non-hydrogen) atoms. The average molecular weight is 405 g/mol. The van der Waals surface area contributed by atoms with Crippen LogP contribution in [0.2, 0.25) is 0 Å². The van der Waals surface area contributed by atoms with E-state index >= 15 is 0 Å². The van der Waals surface area contributed by atoms with Gasteiger partial charge in [-0.05, 0) is 36.4 Å². The van der Waals surface area contributed by atoms with E-state index in [-0.39, 0.29) is 12.2 Å². The smallest absolute Gasteiger partial charge is 0.317 e. The monoisotopic (exact) mass is 404 g/mol. The first-order valence-electron chi connectivity index (χ1n) is 7.51. The highest BCUT2D eigenvalue weighted by atomic mass is 79.9. The molecule has 0 saturated heterocycles. The van der Waals surface area contributed by atoms with Crippen LogP contribution in [0.3, 0.4) is 0 Å². The highest BCUT2D eigenvalue weighted by Gasteiger charge is 2.31. The third-order valence-corrected chi connectivity index (χ3v) is 4.26. The van der Waals surface area contributed by atoms with Crippen molar-refractivity contribution in [2.75, 3.05) is 14.2 Å². The molecule has 0 amide bonds. The first kappa shape index (κ1) is 18.9. The van der Waals surface area contributed by atoms with E-state index < -0.39 is 17.7 Å². The van der Waals surface area contributed by atoms with E-state index in [4.69, 9.17) is 9.47 Å². The molecule has 1 atom stereocenters. The quantitative estimate of drug-likeness (QED) is 0.399. The SMILES string of the molecule is COC(=O)C(CC(=O)c1ccc(OC)cc1)C(=O)c1ccc(Br)cc1. The van der Waals surface area contributed by atoms with Gasteiger partial charge in [-0.1, -0.05) is 28.1 Å². The molecule has 0 aliphatic rings. The summed E-state index contributed by atoms with van der Waals surface area (Å²) in [6, 6.07) is 13.1. The predicted molar refractivity (Wildman–Crippen MR) is 95.9 cm³/mol. The lowest BCUT2D eigenvalue weighted by atomic mass is 9.91. The fourth-order valence-electron chi connectivity index (χ4n) is 2.32. The molecule has 130 valence electrons. The number of esters is 1. The van der Waals surface area contributed by atoms with Crippen LogP contribution < -0.4 is 4.74 Å². The molecule has 1 unspecified atom stereocenters. The van der Waals surface area contributed by atoms with E-state index in [1.54, 1.807) is 48.5 Å². The zero-order valence-electron chi connectivity index (χ0n) is 13.8. The van der Waals surface area contributed by atoms with Gasteiger partial charge in [-0.2, -0.15) is 0 Å². The standard InChI is InChI=1S/C19H17BrO5/c1-24-15-9-5-12(6-10-15)17(21)11-16(19(23)25-2)18(22)13-3-7-14(20)8-4-13/h3-10,16H,11H2,1-2H3. The summed E-state index contributed by atoms with van der Waals surface area (Å²) >= 11 is 3.29. The Hall–Kier alpha value is -2.47. The minimum Gasteiger partial charge on any atom is -0.497 e. The summed E-state index contributed by atoms with van der Waals surface area (Å²) < 4.78 is 10.6. The molecule has 0 radical (unpaired) electrons. The minimum absolute atomic E-state index is 0.256. The first-order valence-corrected chi connectivity index (χ1v) is 8.30. The third-order valence-electron chi connectivity index (χ3n) is 3.73. The second-order valence-electron chi connectivity index (χ2n) is 5.30. The Bertz CT molecular complexity index is 765. The van der Waals surface area contributed by atoms with Gasteiger partial charge in [0.05, 0.1) is 14.2 Å². The van der Waals surface area contributed by atoms with Gasteiger partial charge >= 0.3 is 5.97 Å². The zero-order chi connectivity index (χ0) is 18.4. The molecule has 6 heteroatoms. The second-order valence-corrected chi connectivity index (χ2v) is 6.22. The third kappa shape index (κ3) is 4.76. The Labute approximate surface area is 154 Å². The average Bonchev–Trinajstić information content (AvgIpc) is 2.65. The van der Waals surface area contributed by atoms with E-state index in [2.05, 4.69) is 15.9 Å². The number of methoxy groups -OCH3 is 2. The predicted octanol–water partition coefficient (Wildman–Crippen LogP) is 3.70. The van der Waals surface area contributed by atoms with Gasteiger partial charge < -0.3 is 9.47 Å². The van der Waals surface area contributed by atoms with Gasteiger partial charge in [0.2, 0.25) is 0 Å². The minimum atomic E-state index is -1.18. The van der Waals surface area contributed by atoms with Crippen molar-refractivity contribution < 1.29 is 23.9 Å². The number of benzene rings is 2. The topological polar surface area (TPSA) is 69.7 Å². The van der Waals surface area contributed by atoms with Crippen molar-refractivity contribution in [2.45, 2.75) is 6.42 Å². The lowest BCUT2D eigenvalue weighted by molar-refractivity contribution is -0.143. The highest BCUT2D eigenvalue weighted by Crippen LogP contribution is 2.20.